The highest BCUT2D eigenvalue weighted by atomic mass is 32.2. The topological polar surface area (TPSA) is 92.7 Å². The normalized spacial score (nSPS) is 10.1. The Balaban J connectivity index is 2.05. The Bertz CT molecular complexity index is 737. The van der Waals surface area contributed by atoms with E-state index in [2.05, 4.69) is 9.97 Å². The molecule has 0 amide bonds. The van der Waals surface area contributed by atoms with Crippen molar-refractivity contribution in [3.63, 3.8) is 0 Å². The number of nitrogens with zero attached hydrogens (tertiary/aromatic N) is 3. The molecule has 0 aliphatic carbocycles. The predicted octanol–water partition coefficient (Wildman–Crippen LogP) is 2.52. The number of aryl methyl sites for hydroxylation is 2. The van der Waals surface area contributed by atoms with Crippen molar-refractivity contribution in [1.82, 2.24) is 9.97 Å². The van der Waals surface area contributed by atoms with Crippen LogP contribution in [0.3, 0.4) is 0 Å². The first-order valence-electron chi connectivity index (χ1n) is 6.27. The second-order valence-corrected chi connectivity index (χ2v) is 5.52. The van der Waals surface area contributed by atoms with Crippen LogP contribution in [0.15, 0.2) is 29.6 Å². The van der Waals surface area contributed by atoms with Crippen LogP contribution in [0, 0.1) is 25.2 Å². The van der Waals surface area contributed by atoms with E-state index in [0.29, 0.717) is 10.7 Å². The van der Waals surface area contributed by atoms with Crippen LogP contribution in [-0.4, -0.2) is 21.5 Å². The van der Waals surface area contributed by atoms with E-state index >= 15 is 0 Å². The van der Waals surface area contributed by atoms with Gasteiger partial charge >= 0.3 is 0 Å². The Morgan fingerprint density at radius 3 is 2.76 bits per heavy atom. The first-order chi connectivity index (χ1) is 10.0. The first kappa shape index (κ1) is 15.0. The number of Topliss-reactive ketones (excluding diaryl/α,β-unsaturated/α-hetero) is 1. The Morgan fingerprint density at radius 2 is 2.14 bits per heavy atom. The van der Waals surface area contributed by atoms with Crippen molar-refractivity contribution < 1.29 is 4.79 Å². The molecular formula is C15H14N4OS. The summed E-state index contributed by atoms with van der Waals surface area (Å²) in [6.07, 6.45) is 1.37. The quantitative estimate of drug-likeness (QED) is 0.529. The SMILES string of the molecule is Cc1ccc(C(=O)CSc2ncc(C#N)c(N)n2)cc1C. The van der Waals surface area contributed by atoms with Gasteiger partial charge in [0.1, 0.15) is 17.5 Å². The number of carbonyl (C=O) groups excluding carboxylic acids is 1. The molecule has 0 atom stereocenters. The molecule has 0 saturated carbocycles. The highest BCUT2D eigenvalue weighted by molar-refractivity contribution is 7.99. The molecule has 6 heteroatoms. The maximum absolute atomic E-state index is 12.1. The van der Waals surface area contributed by atoms with E-state index in [9.17, 15) is 4.79 Å². The summed E-state index contributed by atoms with van der Waals surface area (Å²) >= 11 is 1.21. The zero-order valence-corrected chi connectivity index (χ0v) is 12.6. The predicted molar refractivity (Wildman–Crippen MR) is 82.1 cm³/mol. The molecule has 0 spiro atoms. The van der Waals surface area contributed by atoms with Crippen LogP contribution < -0.4 is 5.73 Å². The monoisotopic (exact) mass is 298 g/mol. The molecule has 0 saturated heterocycles. The number of hydrogen-bond acceptors (Lipinski definition) is 6. The van der Waals surface area contributed by atoms with Gasteiger partial charge in [0.15, 0.2) is 10.9 Å². The summed E-state index contributed by atoms with van der Waals surface area (Å²) in [6.45, 7) is 3.98. The van der Waals surface area contributed by atoms with Crippen LogP contribution in [-0.2, 0) is 0 Å². The molecule has 2 aromatic rings. The number of nitriles is 1. The van der Waals surface area contributed by atoms with Crippen molar-refractivity contribution in [2.75, 3.05) is 11.5 Å². The summed E-state index contributed by atoms with van der Waals surface area (Å²) in [6, 6.07) is 7.53. The minimum absolute atomic E-state index is 0.00892. The van der Waals surface area contributed by atoms with Crippen molar-refractivity contribution in [2.24, 2.45) is 0 Å². The van der Waals surface area contributed by atoms with Crippen molar-refractivity contribution in [2.45, 2.75) is 19.0 Å². The van der Waals surface area contributed by atoms with Crippen LogP contribution in [0.2, 0.25) is 0 Å². The molecule has 0 bridgehead atoms. The number of ketones is 1. The molecule has 106 valence electrons. The molecule has 5 nitrogen and oxygen atoms in total. The lowest BCUT2D eigenvalue weighted by molar-refractivity contribution is 0.102. The average molecular weight is 298 g/mol. The number of aromatic nitrogens is 2. The summed E-state index contributed by atoms with van der Waals surface area (Å²) in [5.41, 5.74) is 8.77. The number of carbonyl (C=O) groups is 1. The highest BCUT2D eigenvalue weighted by Crippen LogP contribution is 2.18. The number of benzene rings is 1. The number of nitrogen functional groups attached to an aromatic ring is 1. The molecule has 1 aromatic heterocycles. The van der Waals surface area contributed by atoms with E-state index in [-0.39, 0.29) is 22.9 Å². The lowest BCUT2D eigenvalue weighted by Gasteiger charge is -2.05. The van der Waals surface area contributed by atoms with Crippen LogP contribution in [0.25, 0.3) is 0 Å². The van der Waals surface area contributed by atoms with Gasteiger partial charge in [-0.2, -0.15) is 5.26 Å². The van der Waals surface area contributed by atoms with Crippen LogP contribution >= 0.6 is 11.8 Å². The maximum Gasteiger partial charge on any atom is 0.189 e. The van der Waals surface area contributed by atoms with E-state index in [1.807, 2.05) is 38.1 Å². The van der Waals surface area contributed by atoms with Crippen molar-refractivity contribution >= 4 is 23.4 Å². The van der Waals surface area contributed by atoms with Crippen molar-refractivity contribution in [3.8, 4) is 6.07 Å². The van der Waals surface area contributed by atoms with Gasteiger partial charge in [0.25, 0.3) is 0 Å². The number of anilines is 1. The highest BCUT2D eigenvalue weighted by Gasteiger charge is 2.10. The largest absolute Gasteiger partial charge is 0.382 e. The molecule has 1 aromatic carbocycles. The van der Waals surface area contributed by atoms with Gasteiger partial charge in [-0.15, -0.1) is 0 Å². The smallest absolute Gasteiger partial charge is 0.189 e. The van der Waals surface area contributed by atoms with E-state index in [4.69, 9.17) is 11.0 Å². The van der Waals surface area contributed by atoms with Gasteiger partial charge in [-0.1, -0.05) is 23.9 Å². The van der Waals surface area contributed by atoms with Crippen LogP contribution in [0.1, 0.15) is 27.0 Å². The number of thioether (sulfide) groups is 1. The van der Waals surface area contributed by atoms with Gasteiger partial charge in [-0.3, -0.25) is 4.79 Å². The number of nitrogens with two attached hydrogens (primary N) is 1. The summed E-state index contributed by atoms with van der Waals surface area (Å²) in [7, 11) is 0. The third-order valence-corrected chi connectivity index (χ3v) is 3.94. The Morgan fingerprint density at radius 1 is 1.38 bits per heavy atom. The maximum atomic E-state index is 12.1. The second kappa shape index (κ2) is 6.37. The van der Waals surface area contributed by atoms with E-state index in [1.165, 1.54) is 18.0 Å². The molecule has 0 radical (unpaired) electrons. The Kier molecular flexibility index (Phi) is 4.55. The molecule has 0 fully saturated rings. The average Bonchev–Trinajstić information content (AvgIpc) is 2.47. The first-order valence-corrected chi connectivity index (χ1v) is 7.25. The lowest BCUT2D eigenvalue weighted by Crippen LogP contribution is -2.05. The van der Waals surface area contributed by atoms with Gasteiger partial charge in [-0.05, 0) is 31.0 Å². The fourth-order valence-corrected chi connectivity index (χ4v) is 2.38. The van der Waals surface area contributed by atoms with Gasteiger partial charge in [-0.25, -0.2) is 9.97 Å². The second-order valence-electron chi connectivity index (χ2n) is 4.57. The Labute approximate surface area is 127 Å². The van der Waals surface area contributed by atoms with Gasteiger partial charge in [0, 0.05) is 5.56 Å². The Hall–Kier alpha value is -2.39. The molecule has 2 N–H and O–H groups in total. The zero-order valence-electron chi connectivity index (χ0n) is 11.8. The standard InChI is InChI=1S/C15H14N4OS/c1-9-3-4-11(5-10(9)2)13(20)8-21-15-18-7-12(6-16)14(17)19-15/h3-5,7H,8H2,1-2H3,(H2,17,18,19). The van der Waals surface area contributed by atoms with E-state index in [1.54, 1.807) is 0 Å². The fraction of sp³-hybridized carbons (Fsp3) is 0.200. The van der Waals surface area contributed by atoms with Gasteiger partial charge in [0.05, 0.1) is 11.9 Å². The number of rotatable bonds is 4. The third-order valence-electron chi connectivity index (χ3n) is 3.08. The summed E-state index contributed by atoms with van der Waals surface area (Å²) < 4.78 is 0. The minimum atomic E-state index is 0.00892. The van der Waals surface area contributed by atoms with Crippen molar-refractivity contribution in [3.05, 3.63) is 46.6 Å². The van der Waals surface area contributed by atoms with Crippen LogP contribution in [0.4, 0.5) is 5.82 Å². The van der Waals surface area contributed by atoms with Crippen LogP contribution in [0.5, 0.6) is 0 Å². The minimum Gasteiger partial charge on any atom is -0.382 e. The molecule has 21 heavy (non-hydrogen) atoms. The number of hydrogen-bond donors (Lipinski definition) is 1. The van der Waals surface area contributed by atoms with Gasteiger partial charge < -0.3 is 5.73 Å². The zero-order chi connectivity index (χ0) is 15.4. The van der Waals surface area contributed by atoms with E-state index in [0.717, 1.165) is 11.1 Å². The molecule has 0 aliphatic heterocycles. The summed E-state index contributed by atoms with van der Waals surface area (Å²) in [5.74, 6) is 0.372. The van der Waals surface area contributed by atoms with Crippen molar-refractivity contribution in [1.29, 1.82) is 5.26 Å². The fourth-order valence-electron chi connectivity index (χ4n) is 1.66. The third kappa shape index (κ3) is 3.58. The molecule has 0 aliphatic rings. The molecule has 2 rings (SSSR count). The summed E-state index contributed by atoms with van der Waals surface area (Å²) in [4.78, 5) is 20.1. The molecule has 0 unspecified atom stereocenters. The van der Waals surface area contributed by atoms with E-state index < -0.39 is 0 Å². The van der Waals surface area contributed by atoms with Gasteiger partial charge in [0.2, 0.25) is 0 Å². The molecule has 1 heterocycles. The lowest BCUT2D eigenvalue weighted by atomic mass is 10.0. The molecular weight excluding hydrogens is 284 g/mol. The summed E-state index contributed by atoms with van der Waals surface area (Å²) in [5, 5.41) is 9.15.